The fourth-order valence-corrected chi connectivity index (χ4v) is 3.37. The van der Waals surface area contributed by atoms with Gasteiger partial charge in [-0.2, -0.15) is 0 Å². The van der Waals surface area contributed by atoms with Gasteiger partial charge in [0.2, 0.25) is 0 Å². The predicted octanol–water partition coefficient (Wildman–Crippen LogP) is 3.71. The molecule has 1 aromatic rings. The third kappa shape index (κ3) is 2.73. The highest BCUT2D eigenvalue weighted by Gasteiger charge is 2.41. The molecule has 0 heterocycles. The maximum absolute atomic E-state index is 11.5. The van der Waals surface area contributed by atoms with Gasteiger partial charge < -0.3 is 10.4 Å². The van der Waals surface area contributed by atoms with Crippen LogP contribution >= 0.6 is 11.8 Å². The lowest BCUT2D eigenvalue weighted by molar-refractivity contribution is 0.0694. The van der Waals surface area contributed by atoms with Gasteiger partial charge in [0.1, 0.15) is 0 Å². The molecule has 0 aromatic heterocycles. The second-order valence-corrected chi connectivity index (χ2v) is 6.38. The lowest BCUT2D eigenvalue weighted by atomic mass is 10.1. The lowest BCUT2D eigenvalue weighted by Gasteiger charge is -2.21. The maximum Gasteiger partial charge on any atom is 0.338 e. The van der Waals surface area contributed by atoms with E-state index >= 15 is 0 Å². The highest BCUT2D eigenvalue weighted by Crippen LogP contribution is 2.46. The van der Waals surface area contributed by atoms with Gasteiger partial charge in [-0.25, -0.2) is 4.79 Å². The molecule has 3 nitrogen and oxygen atoms in total. The molecule has 0 saturated heterocycles. The number of hydrogen-bond donors (Lipinski definition) is 2. The van der Waals surface area contributed by atoms with Crippen LogP contribution < -0.4 is 5.32 Å². The number of carboxylic acid groups (broad SMARTS) is 1. The highest BCUT2D eigenvalue weighted by molar-refractivity contribution is 7.98. The minimum Gasteiger partial charge on any atom is -0.478 e. The number of thioether (sulfide) groups is 1. The third-order valence-corrected chi connectivity index (χ3v) is 4.82. The van der Waals surface area contributed by atoms with Crippen LogP contribution in [0.4, 0.5) is 5.69 Å². The van der Waals surface area contributed by atoms with Crippen LogP contribution in [-0.2, 0) is 0 Å². The number of hydrogen-bond acceptors (Lipinski definition) is 3. The molecule has 2 aliphatic rings. The van der Waals surface area contributed by atoms with Crippen molar-refractivity contribution in [1.29, 1.82) is 0 Å². The lowest BCUT2D eigenvalue weighted by Crippen LogP contribution is -2.25. The van der Waals surface area contributed by atoms with E-state index in [0.29, 0.717) is 11.6 Å². The Labute approximate surface area is 117 Å². The summed E-state index contributed by atoms with van der Waals surface area (Å²) in [6.07, 6.45) is 7.08. The topological polar surface area (TPSA) is 49.3 Å². The molecule has 2 fully saturated rings. The molecule has 0 spiro atoms. The standard InChI is InChI=1S/C15H19NO2S/c1-19-12-4-2-3-11(13(12)15(17)18)16-14(9-5-6-9)10-7-8-10/h2-4,9-10,14,16H,5-8H2,1H3,(H,17,18). The minimum atomic E-state index is -0.835. The van der Waals surface area contributed by atoms with Crippen molar-refractivity contribution in [3.63, 3.8) is 0 Å². The van der Waals surface area contributed by atoms with E-state index in [1.54, 1.807) is 0 Å². The van der Waals surface area contributed by atoms with Gasteiger partial charge in [0.05, 0.1) is 11.3 Å². The number of carbonyl (C=O) groups is 1. The first-order chi connectivity index (χ1) is 9.20. The first kappa shape index (κ1) is 12.9. The van der Waals surface area contributed by atoms with Crippen molar-refractivity contribution >= 4 is 23.4 Å². The van der Waals surface area contributed by atoms with Gasteiger partial charge in [-0.3, -0.25) is 0 Å². The Morgan fingerprint density at radius 3 is 2.42 bits per heavy atom. The van der Waals surface area contributed by atoms with Gasteiger partial charge >= 0.3 is 5.97 Å². The average Bonchev–Trinajstić information content (AvgIpc) is 3.28. The molecule has 0 radical (unpaired) electrons. The predicted molar refractivity (Wildman–Crippen MR) is 78.0 cm³/mol. The zero-order valence-corrected chi connectivity index (χ0v) is 11.9. The summed E-state index contributed by atoms with van der Waals surface area (Å²) in [4.78, 5) is 12.3. The summed E-state index contributed by atoms with van der Waals surface area (Å²) < 4.78 is 0. The first-order valence-corrected chi connectivity index (χ1v) is 8.10. The van der Waals surface area contributed by atoms with Crippen LogP contribution in [0.25, 0.3) is 0 Å². The number of carboxylic acids is 1. The molecule has 2 aliphatic carbocycles. The molecule has 19 heavy (non-hydrogen) atoms. The van der Waals surface area contributed by atoms with Crippen LogP contribution in [0, 0.1) is 11.8 Å². The van der Waals surface area contributed by atoms with Crippen LogP contribution in [0.1, 0.15) is 36.0 Å². The molecule has 102 valence electrons. The number of benzene rings is 1. The summed E-state index contributed by atoms with van der Waals surface area (Å²) in [6.45, 7) is 0. The van der Waals surface area contributed by atoms with Crippen LogP contribution in [-0.4, -0.2) is 23.4 Å². The molecular formula is C15H19NO2S. The van der Waals surface area contributed by atoms with Gasteiger partial charge in [0.15, 0.2) is 0 Å². The Balaban J connectivity index is 1.88. The van der Waals surface area contributed by atoms with Crippen LogP contribution in [0.5, 0.6) is 0 Å². The van der Waals surface area contributed by atoms with Gasteiger partial charge in [-0.05, 0) is 55.9 Å². The monoisotopic (exact) mass is 277 g/mol. The quantitative estimate of drug-likeness (QED) is 0.778. The van der Waals surface area contributed by atoms with Crippen molar-refractivity contribution in [3.05, 3.63) is 23.8 Å². The first-order valence-electron chi connectivity index (χ1n) is 6.87. The molecule has 0 atom stereocenters. The Kier molecular flexibility index (Phi) is 3.44. The summed E-state index contributed by atoms with van der Waals surface area (Å²) in [5.74, 6) is 0.678. The average molecular weight is 277 g/mol. The summed E-state index contributed by atoms with van der Waals surface area (Å²) in [7, 11) is 0. The van der Waals surface area contributed by atoms with E-state index in [2.05, 4.69) is 5.32 Å². The summed E-state index contributed by atoms with van der Waals surface area (Å²) in [6, 6.07) is 6.20. The molecule has 0 aliphatic heterocycles. The van der Waals surface area contributed by atoms with E-state index in [1.807, 2.05) is 24.5 Å². The molecule has 0 amide bonds. The summed E-state index contributed by atoms with van der Waals surface area (Å²) >= 11 is 1.49. The number of nitrogens with one attached hydrogen (secondary N) is 1. The zero-order valence-electron chi connectivity index (χ0n) is 11.1. The van der Waals surface area contributed by atoms with Gasteiger partial charge in [-0.15, -0.1) is 11.8 Å². The molecule has 0 bridgehead atoms. The van der Waals surface area contributed by atoms with Crippen LogP contribution in [0.3, 0.4) is 0 Å². The maximum atomic E-state index is 11.5. The van der Waals surface area contributed by atoms with E-state index in [1.165, 1.54) is 37.4 Å². The number of rotatable bonds is 6. The zero-order chi connectivity index (χ0) is 13.4. The van der Waals surface area contributed by atoms with Crippen molar-refractivity contribution in [3.8, 4) is 0 Å². The summed E-state index contributed by atoms with van der Waals surface area (Å²) in [5.41, 5.74) is 1.23. The smallest absolute Gasteiger partial charge is 0.338 e. The Bertz CT molecular complexity index is 483. The van der Waals surface area contributed by atoms with Crippen molar-refractivity contribution in [2.45, 2.75) is 36.6 Å². The second kappa shape index (κ2) is 5.08. The molecular weight excluding hydrogens is 258 g/mol. The van der Waals surface area contributed by atoms with Crippen LogP contribution in [0.15, 0.2) is 23.1 Å². The van der Waals surface area contributed by atoms with Gasteiger partial charge in [0, 0.05) is 10.9 Å². The summed E-state index contributed by atoms with van der Waals surface area (Å²) in [5, 5.41) is 13.0. The number of aromatic carboxylic acids is 1. The fraction of sp³-hybridized carbons (Fsp3) is 0.533. The SMILES string of the molecule is CSc1cccc(NC(C2CC2)C2CC2)c1C(=O)O. The minimum absolute atomic E-state index is 0.432. The normalized spacial score (nSPS) is 18.6. The Morgan fingerprint density at radius 2 is 1.95 bits per heavy atom. The van der Waals surface area contributed by atoms with Gasteiger partial charge in [0.25, 0.3) is 0 Å². The second-order valence-electron chi connectivity index (χ2n) is 5.53. The molecule has 1 aromatic carbocycles. The van der Waals surface area contributed by atoms with Crippen molar-refractivity contribution in [1.82, 2.24) is 0 Å². The number of anilines is 1. The molecule has 2 N–H and O–H groups in total. The van der Waals surface area contributed by atoms with E-state index in [4.69, 9.17) is 0 Å². The molecule has 0 unspecified atom stereocenters. The van der Waals surface area contributed by atoms with Crippen molar-refractivity contribution in [2.24, 2.45) is 11.8 Å². The third-order valence-electron chi connectivity index (χ3n) is 4.04. The van der Waals surface area contributed by atoms with E-state index in [9.17, 15) is 9.90 Å². The largest absolute Gasteiger partial charge is 0.478 e. The fourth-order valence-electron chi connectivity index (χ4n) is 2.75. The van der Waals surface area contributed by atoms with E-state index in [0.717, 1.165) is 22.4 Å². The van der Waals surface area contributed by atoms with Crippen LogP contribution in [0.2, 0.25) is 0 Å². The highest BCUT2D eigenvalue weighted by atomic mass is 32.2. The molecule has 3 rings (SSSR count). The van der Waals surface area contributed by atoms with Crippen molar-refractivity contribution < 1.29 is 9.90 Å². The van der Waals surface area contributed by atoms with Crippen molar-refractivity contribution in [2.75, 3.05) is 11.6 Å². The Morgan fingerprint density at radius 1 is 1.32 bits per heavy atom. The van der Waals surface area contributed by atoms with E-state index in [-0.39, 0.29) is 0 Å². The Hall–Kier alpha value is -1.16. The van der Waals surface area contributed by atoms with E-state index < -0.39 is 5.97 Å². The molecule has 2 saturated carbocycles. The van der Waals surface area contributed by atoms with Gasteiger partial charge in [-0.1, -0.05) is 6.07 Å². The molecule has 4 heteroatoms.